The fourth-order valence-electron chi connectivity index (χ4n) is 2.71. The number of carbonyl (C=O) groups excluding carboxylic acids is 1. The molecule has 1 aromatic carbocycles. The molecule has 1 heterocycles. The molecule has 0 radical (unpaired) electrons. The summed E-state index contributed by atoms with van der Waals surface area (Å²) in [5, 5.41) is 8.95. The van der Waals surface area contributed by atoms with Crippen LogP contribution in [0.2, 0.25) is 0 Å². The van der Waals surface area contributed by atoms with Crippen molar-refractivity contribution in [2.24, 2.45) is 11.7 Å². The highest BCUT2D eigenvalue weighted by Crippen LogP contribution is 2.29. The van der Waals surface area contributed by atoms with E-state index in [1.54, 1.807) is 18.2 Å². The van der Waals surface area contributed by atoms with Gasteiger partial charge in [0.15, 0.2) is 0 Å². The number of hydrogen-bond donors (Lipinski definition) is 2. The van der Waals surface area contributed by atoms with Crippen LogP contribution in [0.3, 0.4) is 0 Å². The molecule has 1 aliphatic rings. The van der Waals surface area contributed by atoms with Gasteiger partial charge in [0.25, 0.3) is 0 Å². The third kappa shape index (κ3) is 3.52. The molecule has 0 aliphatic carbocycles. The second-order valence-electron chi connectivity index (χ2n) is 5.25. The first-order valence-corrected chi connectivity index (χ1v) is 6.94. The number of ether oxygens (including phenoxy) is 1. The van der Waals surface area contributed by atoms with E-state index >= 15 is 0 Å². The molecule has 0 saturated carbocycles. The number of benzene rings is 1. The van der Waals surface area contributed by atoms with Gasteiger partial charge in [-0.25, -0.2) is 9.59 Å². The van der Waals surface area contributed by atoms with Crippen molar-refractivity contribution < 1.29 is 19.4 Å². The van der Waals surface area contributed by atoms with Crippen molar-refractivity contribution in [1.82, 2.24) is 4.90 Å². The zero-order chi connectivity index (χ0) is 15.4. The average Bonchev–Trinajstić information content (AvgIpc) is 2.53. The van der Waals surface area contributed by atoms with Gasteiger partial charge in [0.2, 0.25) is 0 Å². The van der Waals surface area contributed by atoms with E-state index in [0.717, 1.165) is 18.4 Å². The summed E-state index contributed by atoms with van der Waals surface area (Å²) < 4.78 is 4.71. The Morgan fingerprint density at radius 2 is 2.05 bits per heavy atom. The van der Waals surface area contributed by atoms with E-state index in [2.05, 4.69) is 0 Å². The van der Waals surface area contributed by atoms with Crippen LogP contribution in [-0.4, -0.2) is 42.3 Å². The SMILES string of the molecule is COC(=O)c1cccc(C(N)C2CCN(C(=O)O)CC2)c1. The fraction of sp³-hybridized carbons (Fsp3) is 0.467. The summed E-state index contributed by atoms with van der Waals surface area (Å²) in [6.45, 7) is 1.01. The molecule has 0 aromatic heterocycles. The summed E-state index contributed by atoms with van der Waals surface area (Å²) in [5.74, 6) is -0.168. The fourth-order valence-corrected chi connectivity index (χ4v) is 2.71. The van der Waals surface area contributed by atoms with Gasteiger partial charge in [-0.05, 0) is 36.5 Å². The molecule has 21 heavy (non-hydrogen) atoms. The van der Waals surface area contributed by atoms with E-state index in [9.17, 15) is 9.59 Å². The highest BCUT2D eigenvalue weighted by atomic mass is 16.5. The Kier molecular flexibility index (Phi) is 4.80. The molecule has 0 bridgehead atoms. The molecule has 1 saturated heterocycles. The van der Waals surface area contributed by atoms with Crippen LogP contribution in [0.15, 0.2) is 24.3 Å². The van der Waals surface area contributed by atoms with Gasteiger partial charge in [-0.2, -0.15) is 0 Å². The summed E-state index contributed by atoms with van der Waals surface area (Å²) >= 11 is 0. The number of esters is 1. The van der Waals surface area contributed by atoms with Crippen molar-refractivity contribution in [3.05, 3.63) is 35.4 Å². The highest BCUT2D eigenvalue weighted by Gasteiger charge is 2.27. The zero-order valence-corrected chi connectivity index (χ0v) is 12.0. The van der Waals surface area contributed by atoms with Crippen LogP contribution in [0.4, 0.5) is 4.79 Å². The summed E-state index contributed by atoms with van der Waals surface area (Å²) in [5.41, 5.74) is 7.64. The molecule has 1 atom stereocenters. The third-order valence-electron chi connectivity index (χ3n) is 4.01. The molecule has 1 aliphatic heterocycles. The normalized spacial score (nSPS) is 17.3. The zero-order valence-electron chi connectivity index (χ0n) is 12.0. The molecule has 3 N–H and O–H groups in total. The Hall–Kier alpha value is -2.08. The molecule has 2 rings (SSSR count). The van der Waals surface area contributed by atoms with Crippen molar-refractivity contribution in [3.63, 3.8) is 0 Å². The Bertz CT molecular complexity index is 524. The lowest BCUT2D eigenvalue weighted by Gasteiger charge is -2.33. The second-order valence-corrected chi connectivity index (χ2v) is 5.25. The van der Waals surface area contributed by atoms with Gasteiger partial charge < -0.3 is 20.5 Å². The van der Waals surface area contributed by atoms with Crippen molar-refractivity contribution >= 4 is 12.1 Å². The summed E-state index contributed by atoms with van der Waals surface area (Å²) in [4.78, 5) is 23.9. The largest absolute Gasteiger partial charge is 0.465 e. The molecule has 1 amide bonds. The number of carboxylic acid groups (broad SMARTS) is 1. The van der Waals surface area contributed by atoms with Gasteiger partial charge in [0, 0.05) is 19.1 Å². The maximum atomic E-state index is 11.5. The minimum absolute atomic E-state index is 0.203. The van der Waals surface area contributed by atoms with E-state index in [1.165, 1.54) is 12.0 Å². The van der Waals surface area contributed by atoms with Gasteiger partial charge in [-0.1, -0.05) is 12.1 Å². The number of nitrogens with two attached hydrogens (primary N) is 1. The molecule has 1 fully saturated rings. The van der Waals surface area contributed by atoms with Crippen molar-refractivity contribution in [1.29, 1.82) is 0 Å². The van der Waals surface area contributed by atoms with Crippen LogP contribution < -0.4 is 5.73 Å². The first-order chi connectivity index (χ1) is 10.0. The van der Waals surface area contributed by atoms with Crippen molar-refractivity contribution in [2.45, 2.75) is 18.9 Å². The highest BCUT2D eigenvalue weighted by molar-refractivity contribution is 5.89. The van der Waals surface area contributed by atoms with E-state index in [1.807, 2.05) is 6.07 Å². The molecular formula is C15H20N2O4. The predicted octanol–water partition coefficient (Wildman–Crippen LogP) is 1.86. The van der Waals surface area contributed by atoms with Gasteiger partial charge in [0.05, 0.1) is 12.7 Å². The monoisotopic (exact) mass is 292 g/mol. The topological polar surface area (TPSA) is 92.9 Å². The predicted molar refractivity (Wildman–Crippen MR) is 77.0 cm³/mol. The molecule has 1 aromatic rings. The number of likely N-dealkylation sites (tertiary alicyclic amines) is 1. The van der Waals surface area contributed by atoms with Crippen LogP contribution in [-0.2, 0) is 4.74 Å². The number of carbonyl (C=O) groups is 2. The first kappa shape index (κ1) is 15.3. The Balaban J connectivity index is 2.05. The molecule has 1 unspecified atom stereocenters. The number of piperidine rings is 1. The molecule has 114 valence electrons. The van der Waals surface area contributed by atoms with E-state index < -0.39 is 6.09 Å². The van der Waals surface area contributed by atoms with Gasteiger partial charge in [-0.3, -0.25) is 0 Å². The maximum absolute atomic E-state index is 11.5. The standard InChI is InChI=1S/C15H20N2O4/c1-21-14(18)12-4-2-3-11(9-12)13(16)10-5-7-17(8-6-10)15(19)20/h2-4,9-10,13H,5-8,16H2,1H3,(H,19,20). The quantitative estimate of drug-likeness (QED) is 0.829. The van der Waals surface area contributed by atoms with Gasteiger partial charge in [0.1, 0.15) is 0 Å². The van der Waals surface area contributed by atoms with E-state index in [0.29, 0.717) is 18.7 Å². The van der Waals surface area contributed by atoms with Gasteiger partial charge >= 0.3 is 12.1 Å². The minimum atomic E-state index is -0.880. The number of methoxy groups -OCH3 is 1. The van der Waals surface area contributed by atoms with Crippen LogP contribution in [0.1, 0.15) is 34.8 Å². The van der Waals surface area contributed by atoms with Crippen LogP contribution in [0.25, 0.3) is 0 Å². The Morgan fingerprint density at radius 3 is 2.62 bits per heavy atom. The van der Waals surface area contributed by atoms with Crippen LogP contribution >= 0.6 is 0 Å². The molecular weight excluding hydrogens is 272 g/mol. The summed E-state index contributed by atoms with van der Waals surface area (Å²) in [6, 6.07) is 6.91. The van der Waals surface area contributed by atoms with E-state index in [4.69, 9.17) is 15.6 Å². The lowest BCUT2D eigenvalue weighted by molar-refractivity contribution is 0.0600. The van der Waals surface area contributed by atoms with Crippen molar-refractivity contribution in [2.75, 3.05) is 20.2 Å². The second kappa shape index (κ2) is 6.58. The van der Waals surface area contributed by atoms with Gasteiger partial charge in [-0.15, -0.1) is 0 Å². The number of rotatable bonds is 3. The number of amides is 1. The van der Waals surface area contributed by atoms with Crippen molar-refractivity contribution in [3.8, 4) is 0 Å². The van der Waals surface area contributed by atoms with Crippen LogP contribution in [0.5, 0.6) is 0 Å². The maximum Gasteiger partial charge on any atom is 0.407 e. The van der Waals surface area contributed by atoms with Crippen LogP contribution in [0, 0.1) is 5.92 Å². The average molecular weight is 292 g/mol. The summed E-state index contributed by atoms with van der Waals surface area (Å²) in [6.07, 6.45) is 0.584. The number of hydrogen-bond acceptors (Lipinski definition) is 4. The first-order valence-electron chi connectivity index (χ1n) is 6.94. The summed E-state index contributed by atoms with van der Waals surface area (Å²) in [7, 11) is 1.34. The minimum Gasteiger partial charge on any atom is -0.465 e. The lowest BCUT2D eigenvalue weighted by Crippen LogP contribution is -2.40. The smallest absolute Gasteiger partial charge is 0.407 e. The lowest BCUT2D eigenvalue weighted by atomic mass is 9.85. The third-order valence-corrected chi connectivity index (χ3v) is 4.01. The Labute approximate surface area is 123 Å². The molecule has 6 nitrogen and oxygen atoms in total. The molecule has 6 heteroatoms. The van der Waals surface area contributed by atoms with E-state index in [-0.39, 0.29) is 17.9 Å². The molecule has 0 spiro atoms. The Morgan fingerprint density at radius 1 is 1.38 bits per heavy atom. The number of nitrogens with zero attached hydrogens (tertiary/aromatic N) is 1.